The van der Waals surface area contributed by atoms with Crippen molar-refractivity contribution in [2.45, 2.75) is 51.1 Å². The van der Waals surface area contributed by atoms with Gasteiger partial charge in [0, 0.05) is 25.0 Å². The molecule has 0 aromatic carbocycles. The van der Waals surface area contributed by atoms with Crippen molar-refractivity contribution in [1.82, 2.24) is 15.5 Å². The second-order valence-electron chi connectivity index (χ2n) is 6.02. The highest BCUT2D eigenvalue weighted by Crippen LogP contribution is 2.17. The molecule has 6 heteroatoms. The minimum atomic E-state index is 0. The SMILES string of the molecule is CC1CC(NC(=O)CCC2CCNC2)CCN1C.Cl.Cl. The third kappa shape index (κ3) is 6.17. The standard InChI is InChI=1S/C14H27N3O.2ClH/c1-11-9-13(6-8-17(11)2)16-14(18)4-3-12-5-7-15-10-12;;/h11-13,15H,3-10H2,1-2H3,(H,16,18);2*1H. The van der Waals surface area contributed by atoms with E-state index >= 15 is 0 Å². The number of piperidine rings is 1. The number of hydrogen-bond acceptors (Lipinski definition) is 3. The molecule has 0 aliphatic carbocycles. The highest BCUT2D eigenvalue weighted by atomic mass is 35.5. The Morgan fingerprint density at radius 3 is 2.70 bits per heavy atom. The van der Waals surface area contributed by atoms with Gasteiger partial charge in [0.1, 0.15) is 0 Å². The molecule has 20 heavy (non-hydrogen) atoms. The van der Waals surface area contributed by atoms with E-state index in [1.165, 1.54) is 6.42 Å². The molecule has 120 valence electrons. The Morgan fingerprint density at radius 2 is 2.10 bits per heavy atom. The van der Waals surface area contributed by atoms with Gasteiger partial charge >= 0.3 is 0 Å². The van der Waals surface area contributed by atoms with Gasteiger partial charge < -0.3 is 15.5 Å². The molecule has 2 N–H and O–H groups in total. The quantitative estimate of drug-likeness (QED) is 0.828. The van der Waals surface area contributed by atoms with Crippen molar-refractivity contribution >= 4 is 30.7 Å². The average Bonchev–Trinajstić information content (AvgIpc) is 2.84. The van der Waals surface area contributed by atoms with Gasteiger partial charge in [-0.2, -0.15) is 0 Å². The van der Waals surface area contributed by atoms with E-state index in [9.17, 15) is 4.79 Å². The molecule has 2 heterocycles. The average molecular weight is 326 g/mol. The number of rotatable bonds is 4. The third-order valence-corrected chi connectivity index (χ3v) is 4.52. The molecule has 2 saturated heterocycles. The number of carbonyl (C=O) groups is 1. The van der Waals surface area contributed by atoms with Crippen molar-refractivity contribution in [3.8, 4) is 0 Å². The van der Waals surface area contributed by atoms with Crippen molar-refractivity contribution in [1.29, 1.82) is 0 Å². The van der Waals surface area contributed by atoms with Crippen LogP contribution in [0.2, 0.25) is 0 Å². The molecule has 3 atom stereocenters. The molecule has 0 saturated carbocycles. The Balaban J connectivity index is 0.00000180. The fourth-order valence-electron chi connectivity index (χ4n) is 3.02. The molecule has 1 amide bonds. The number of amides is 1. The smallest absolute Gasteiger partial charge is 0.220 e. The Labute approximate surface area is 135 Å². The third-order valence-electron chi connectivity index (χ3n) is 4.52. The summed E-state index contributed by atoms with van der Waals surface area (Å²) in [5, 5.41) is 6.56. The van der Waals surface area contributed by atoms with Crippen LogP contribution in [0.15, 0.2) is 0 Å². The number of likely N-dealkylation sites (tertiary alicyclic amines) is 1. The topological polar surface area (TPSA) is 44.4 Å². The summed E-state index contributed by atoms with van der Waals surface area (Å²) in [4.78, 5) is 14.3. The highest BCUT2D eigenvalue weighted by Gasteiger charge is 2.24. The fourth-order valence-corrected chi connectivity index (χ4v) is 3.02. The Morgan fingerprint density at radius 1 is 1.35 bits per heavy atom. The van der Waals surface area contributed by atoms with Crippen molar-refractivity contribution in [2.75, 3.05) is 26.7 Å². The minimum Gasteiger partial charge on any atom is -0.353 e. The van der Waals surface area contributed by atoms with E-state index in [1.54, 1.807) is 0 Å². The summed E-state index contributed by atoms with van der Waals surface area (Å²) in [6, 6.07) is 0.980. The molecular formula is C14H29Cl2N3O. The number of nitrogens with one attached hydrogen (secondary N) is 2. The zero-order valence-corrected chi connectivity index (χ0v) is 14.2. The van der Waals surface area contributed by atoms with Gasteiger partial charge in [0.2, 0.25) is 5.91 Å². The lowest BCUT2D eigenvalue weighted by atomic mass is 9.98. The lowest BCUT2D eigenvalue weighted by Gasteiger charge is -2.35. The molecule has 4 nitrogen and oxygen atoms in total. The molecule has 2 aliphatic rings. The number of nitrogens with zero attached hydrogens (tertiary/aromatic N) is 1. The van der Waals surface area contributed by atoms with Crippen LogP contribution >= 0.6 is 24.8 Å². The van der Waals surface area contributed by atoms with Crippen molar-refractivity contribution in [3.63, 3.8) is 0 Å². The molecule has 0 aromatic rings. The van der Waals surface area contributed by atoms with Crippen LogP contribution < -0.4 is 10.6 Å². The van der Waals surface area contributed by atoms with Gasteiger partial charge in [-0.05, 0) is 58.7 Å². The van der Waals surface area contributed by atoms with E-state index in [2.05, 4.69) is 29.5 Å². The maximum atomic E-state index is 11.9. The van der Waals surface area contributed by atoms with Gasteiger partial charge in [-0.15, -0.1) is 24.8 Å². The van der Waals surface area contributed by atoms with E-state index in [1.807, 2.05) is 0 Å². The Bertz CT molecular complexity index is 286. The molecule has 2 aliphatic heterocycles. The van der Waals surface area contributed by atoms with Crippen LogP contribution in [0.25, 0.3) is 0 Å². The first-order valence-corrected chi connectivity index (χ1v) is 7.35. The van der Waals surface area contributed by atoms with Gasteiger partial charge in [0.25, 0.3) is 0 Å². The first kappa shape index (κ1) is 20.0. The van der Waals surface area contributed by atoms with Crippen LogP contribution in [-0.2, 0) is 4.79 Å². The fraction of sp³-hybridized carbons (Fsp3) is 0.929. The maximum Gasteiger partial charge on any atom is 0.220 e. The first-order chi connectivity index (χ1) is 8.65. The minimum absolute atomic E-state index is 0. The first-order valence-electron chi connectivity index (χ1n) is 7.35. The van der Waals surface area contributed by atoms with Crippen LogP contribution in [0.4, 0.5) is 0 Å². The Kier molecular flexibility index (Phi) is 9.81. The van der Waals surface area contributed by atoms with E-state index in [4.69, 9.17) is 0 Å². The van der Waals surface area contributed by atoms with Crippen LogP contribution in [0.3, 0.4) is 0 Å². The summed E-state index contributed by atoms with van der Waals surface area (Å²) < 4.78 is 0. The maximum absolute atomic E-state index is 11.9. The zero-order chi connectivity index (χ0) is 13.0. The summed E-state index contributed by atoms with van der Waals surface area (Å²) in [6.45, 7) is 5.55. The molecule has 0 radical (unpaired) electrons. The molecule has 0 bridgehead atoms. The molecule has 2 fully saturated rings. The summed E-state index contributed by atoms with van der Waals surface area (Å²) in [7, 11) is 2.16. The monoisotopic (exact) mass is 325 g/mol. The lowest BCUT2D eigenvalue weighted by Crippen LogP contribution is -2.47. The number of hydrogen-bond donors (Lipinski definition) is 2. The zero-order valence-electron chi connectivity index (χ0n) is 12.6. The van der Waals surface area contributed by atoms with Crippen LogP contribution in [-0.4, -0.2) is 49.6 Å². The van der Waals surface area contributed by atoms with Crippen molar-refractivity contribution in [3.05, 3.63) is 0 Å². The van der Waals surface area contributed by atoms with Crippen LogP contribution in [0, 0.1) is 5.92 Å². The summed E-state index contributed by atoms with van der Waals surface area (Å²) >= 11 is 0. The predicted molar refractivity (Wildman–Crippen MR) is 88.0 cm³/mol. The largest absolute Gasteiger partial charge is 0.353 e. The Hall–Kier alpha value is -0.0300. The van der Waals surface area contributed by atoms with Crippen LogP contribution in [0.1, 0.15) is 39.0 Å². The predicted octanol–water partition coefficient (Wildman–Crippen LogP) is 1.82. The van der Waals surface area contributed by atoms with Gasteiger partial charge in [0.05, 0.1) is 0 Å². The van der Waals surface area contributed by atoms with Gasteiger partial charge in [-0.25, -0.2) is 0 Å². The second-order valence-corrected chi connectivity index (χ2v) is 6.02. The van der Waals surface area contributed by atoms with E-state index in [-0.39, 0.29) is 30.7 Å². The van der Waals surface area contributed by atoms with Crippen molar-refractivity contribution in [2.24, 2.45) is 5.92 Å². The summed E-state index contributed by atoms with van der Waals surface area (Å²) in [6.07, 6.45) is 5.16. The van der Waals surface area contributed by atoms with Crippen LogP contribution in [0.5, 0.6) is 0 Å². The molecule has 2 rings (SSSR count). The summed E-state index contributed by atoms with van der Waals surface area (Å²) in [5.41, 5.74) is 0. The number of halogens is 2. The van der Waals surface area contributed by atoms with E-state index < -0.39 is 0 Å². The number of carbonyl (C=O) groups excluding carboxylic acids is 1. The van der Waals surface area contributed by atoms with Gasteiger partial charge in [-0.1, -0.05) is 0 Å². The summed E-state index contributed by atoms with van der Waals surface area (Å²) in [5.74, 6) is 0.968. The molecular weight excluding hydrogens is 297 g/mol. The molecule has 0 spiro atoms. The molecule has 3 unspecified atom stereocenters. The van der Waals surface area contributed by atoms with Crippen molar-refractivity contribution < 1.29 is 4.79 Å². The van der Waals surface area contributed by atoms with E-state index in [0.29, 0.717) is 24.4 Å². The van der Waals surface area contributed by atoms with Gasteiger partial charge in [-0.3, -0.25) is 4.79 Å². The normalized spacial score (nSPS) is 30.2. The lowest BCUT2D eigenvalue weighted by molar-refractivity contribution is -0.122. The molecule has 0 aromatic heterocycles. The highest BCUT2D eigenvalue weighted by molar-refractivity contribution is 5.85. The second kappa shape index (κ2) is 9.82. The van der Waals surface area contributed by atoms with Gasteiger partial charge in [0.15, 0.2) is 0 Å². The van der Waals surface area contributed by atoms with E-state index in [0.717, 1.165) is 38.9 Å².